The van der Waals surface area contributed by atoms with Crippen LogP contribution in [-0.4, -0.2) is 5.84 Å². The largest absolute Gasteiger partial charge is 0.344 e. The number of amidine groups is 1. The molecule has 19 heavy (non-hydrogen) atoms. The first-order chi connectivity index (χ1) is 9.06. The monoisotopic (exact) mass is 316 g/mol. The third-order valence-corrected chi connectivity index (χ3v) is 3.38. The zero-order valence-corrected chi connectivity index (χ0v) is 13.0. The molecule has 2 aromatic rings. The third-order valence-electron chi connectivity index (χ3n) is 2.78. The fraction of sp³-hybridized carbons (Fsp3) is 0.188. The lowest BCUT2D eigenvalue weighted by Crippen LogP contribution is -2.06. The Morgan fingerprint density at radius 2 is 1.79 bits per heavy atom. The number of benzene rings is 2. The molecule has 3 heteroatoms. The van der Waals surface area contributed by atoms with E-state index in [4.69, 9.17) is 0 Å². The highest BCUT2D eigenvalue weighted by molar-refractivity contribution is 9.10. The highest BCUT2D eigenvalue weighted by atomic mass is 79.9. The van der Waals surface area contributed by atoms with Crippen molar-refractivity contribution in [2.45, 2.75) is 20.8 Å². The highest BCUT2D eigenvalue weighted by Crippen LogP contribution is 2.30. The van der Waals surface area contributed by atoms with E-state index in [1.807, 2.05) is 37.3 Å². The summed E-state index contributed by atoms with van der Waals surface area (Å²) in [4.78, 5) is 4.65. The molecule has 0 aliphatic carbocycles. The molecular weight excluding hydrogens is 300 g/mol. The Hall–Kier alpha value is -1.61. The normalized spacial score (nSPS) is 11.5. The van der Waals surface area contributed by atoms with Crippen molar-refractivity contribution < 1.29 is 0 Å². The van der Waals surface area contributed by atoms with E-state index in [9.17, 15) is 0 Å². The maximum absolute atomic E-state index is 4.65. The SMILES string of the molecule is CC(=Nc1c(C)cc(C)cc1Br)Nc1ccccc1. The van der Waals surface area contributed by atoms with Crippen molar-refractivity contribution in [1.29, 1.82) is 0 Å². The Kier molecular flexibility index (Phi) is 4.38. The Bertz CT molecular complexity index is 580. The van der Waals surface area contributed by atoms with Crippen molar-refractivity contribution >= 4 is 33.1 Å². The van der Waals surface area contributed by atoms with Crippen molar-refractivity contribution in [2.75, 3.05) is 5.32 Å². The van der Waals surface area contributed by atoms with Gasteiger partial charge in [-0.1, -0.05) is 24.3 Å². The fourth-order valence-electron chi connectivity index (χ4n) is 1.98. The van der Waals surface area contributed by atoms with Crippen LogP contribution in [0.25, 0.3) is 0 Å². The number of rotatable bonds is 2. The molecule has 0 unspecified atom stereocenters. The van der Waals surface area contributed by atoms with E-state index in [1.54, 1.807) is 0 Å². The molecular formula is C16H17BrN2. The van der Waals surface area contributed by atoms with Crippen LogP contribution >= 0.6 is 15.9 Å². The van der Waals surface area contributed by atoms with E-state index in [0.717, 1.165) is 21.7 Å². The number of hydrogen-bond acceptors (Lipinski definition) is 1. The van der Waals surface area contributed by atoms with Crippen LogP contribution in [0, 0.1) is 13.8 Å². The van der Waals surface area contributed by atoms with Gasteiger partial charge in [-0.3, -0.25) is 0 Å². The van der Waals surface area contributed by atoms with Crippen LogP contribution in [0.15, 0.2) is 51.9 Å². The number of hydrogen-bond donors (Lipinski definition) is 1. The summed E-state index contributed by atoms with van der Waals surface area (Å²) in [6.45, 7) is 6.13. The summed E-state index contributed by atoms with van der Waals surface area (Å²) in [5.74, 6) is 0.874. The summed E-state index contributed by atoms with van der Waals surface area (Å²) in [6.07, 6.45) is 0. The second-order valence-electron chi connectivity index (χ2n) is 4.60. The molecule has 0 saturated carbocycles. The minimum atomic E-state index is 0.874. The molecule has 0 aliphatic rings. The van der Waals surface area contributed by atoms with Gasteiger partial charge in [0.25, 0.3) is 0 Å². The predicted octanol–water partition coefficient (Wildman–Crippen LogP) is 5.23. The number of anilines is 1. The van der Waals surface area contributed by atoms with Gasteiger partial charge < -0.3 is 5.32 Å². The maximum Gasteiger partial charge on any atom is 0.103 e. The number of para-hydroxylation sites is 1. The van der Waals surface area contributed by atoms with Gasteiger partial charge >= 0.3 is 0 Å². The molecule has 2 nitrogen and oxygen atoms in total. The minimum absolute atomic E-state index is 0.874. The molecule has 2 rings (SSSR count). The van der Waals surface area contributed by atoms with Gasteiger partial charge in [-0.05, 0) is 66.0 Å². The fourth-order valence-corrected chi connectivity index (χ4v) is 2.74. The standard InChI is InChI=1S/C16H17BrN2/c1-11-9-12(2)16(15(17)10-11)19-13(3)18-14-7-5-4-6-8-14/h4-10H,1-3H3,(H,18,19). The van der Waals surface area contributed by atoms with Crippen LogP contribution in [-0.2, 0) is 0 Å². The van der Waals surface area contributed by atoms with Crippen LogP contribution in [0.2, 0.25) is 0 Å². The van der Waals surface area contributed by atoms with Crippen molar-refractivity contribution in [1.82, 2.24) is 0 Å². The summed E-state index contributed by atoms with van der Waals surface area (Å²) >= 11 is 3.58. The Labute approximate surface area is 122 Å². The molecule has 0 aliphatic heterocycles. The zero-order valence-electron chi connectivity index (χ0n) is 11.4. The number of halogens is 1. The topological polar surface area (TPSA) is 24.4 Å². The highest BCUT2D eigenvalue weighted by Gasteiger charge is 2.04. The Morgan fingerprint density at radius 3 is 2.42 bits per heavy atom. The Morgan fingerprint density at radius 1 is 1.11 bits per heavy atom. The minimum Gasteiger partial charge on any atom is -0.344 e. The lowest BCUT2D eigenvalue weighted by molar-refractivity contribution is 1.32. The van der Waals surface area contributed by atoms with E-state index in [-0.39, 0.29) is 0 Å². The van der Waals surface area contributed by atoms with Gasteiger partial charge in [-0.15, -0.1) is 0 Å². The van der Waals surface area contributed by atoms with Gasteiger partial charge in [0.05, 0.1) is 5.69 Å². The average Bonchev–Trinajstić information content (AvgIpc) is 2.35. The van der Waals surface area contributed by atoms with E-state index >= 15 is 0 Å². The van der Waals surface area contributed by atoms with Crippen molar-refractivity contribution in [3.05, 3.63) is 58.1 Å². The summed E-state index contributed by atoms with van der Waals surface area (Å²) in [5, 5.41) is 3.29. The van der Waals surface area contributed by atoms with Crippen LogP contribution in [0.4, 0.5) is 11.4 Å². The Balaban J connectivity index is 2.26. The van der Waals surface area contributed by atoms with Gasteiger partial charge in [0.1, 0.15) is 5.84 Å². The van der Waals surface area contributed by atoms with E-state index < -0.39 is 0 Å². The van der Waals surface area contributed by atoms with Crippen molar-refractivity contribution in [2.24, 2.45) is 4.99 Å². The number of nitrogens with zero attached hydrogens (tertiary/aromatic N) is 1. The van der Waals surface area contributed by atoms with Gasteiger partial charge in [-0.25, -0.2) is 4.99 Å². The molecule has 0 aromatic heterocycles. The average molecular weight is 317 g/mol. The lowest BCUT2D eigenvalue weighted by atomic mass is 10.1. The molecule has 98 valence electrons. The molecule has 0 spiro atoms. The van der Waals surface area contributed by atoms with Crippen molar-refractivity contribution in [3.8, 4) is 0 Å². The first-order valence-electron chi connectivity index (χ1n) is 6.20. The first-order valence-corrected chi connectivity index (χ1v) is 6.99. The molecule has 0 heterocycles. The molecule has 2 aromatic carbocycles. The summed E-state index contributed by atoms with van der Waals surface area (Å²) in [6, 6.07) is 14.3. The summed E-state index contributed by atoms with van der Waals surface area (Å²) in [5.41, 5.74) is 4.43. The first kappa shape index (κ1) is 13.8. The molecule has 0 bridgehead atoms. The van der Waals surface area contributed by atoms with E-state index in [2.05, 4.69) is 52.2 Å². The smallest absolute Gasteiger partial charge is 0.103 e. The second kappa shape index (κ2) is 6.02. The molecule has 1 N–H and O–H groups in total. The molecule has 0 atom stereocenters. The third kappa shape index (κ3) is 3.67. The lowest BCUT2D eigenvalue weighted by Gasteiger charge is -2.09. The van der Waals surface area contributed by atoms with Gasteiger partial charge in [0.15, 0.2) is 0 Å². The zero-order chi connectivity index (χ0) is 13.8. The van der Waals surface area contributed by atoms with E-state index in [1.165, 1.54) is 11.1 Å². The number of nitrogens with one attached hydrogen (secondary N) is 1. The van der Waals surface area contributed by atoms with Gasteiger partial charge in [-0.2, -0.15) is 0 Å². The molecule has 0 amide bonds. The van der Waals surface area contributed by atoms with Gasteiger partial charge in [0.2, 0.25) is 0 Å². The molecule has 0 radical (unpaired) electrons. The maximum atomic E-state index is 4.65. The predicted molar refractivity (Wildman–Crippen MR) is 86.4 cm³/mol. The molecule has 0 fully saturated rings. The quantitative estimate of drug-likeness (QED) is 0.595. The summed E-state index contributed by atoms with van der Waals surface area (Å²) in [7, 11) is 0. The van der Waals surface area contributed by atoms with E-state index in [0.29, 0.717) is 0 Å². The summed E-state index contributed by atoms with van der Waals surface area (Å²) < 4.78 is 1.03. The van der Waals surface area contributed by atoms with Gasteiger partial charge in [0, 0.05) is 10.2 Å². The van der Waals surface area contributed by atoms with Crippen molar-refractivity contribution in [3.63, 3.8) is 0 Å². The number of aryl methyl sites for hydroxylation is 2. The van der Waals surface area contributed by atoms with Crippen LogP contribution in [0.1, 0.15) is 18.1 Å². The van der Waals surface area contributed by atoms with Crippen LogP contribution in [0.5, 0.6) is 0 Å². The number of aliphatic imine (C=N–C) groups is 1. The van der Waals surface area contributed by atoms with Crippen LogP contribution in [0.3, 0.4) is 0 Å². The molecule has 0 saturated heterocycles. The second-order valence-corrected chi connectivity index (χ2v) is 5.45. The van der Waals surface area contributed by atoms with Crippen LogP contribution < -0.4 is 5.32 Å².